The van der Waals surface area contributed by atoms with Crippen molar-refractivity contribution in [1.82, 2.24) is 0 Å². The van der Waals surface area contributed by atoms with Crippen LogP contribution in [0.15, 0.2) is 23.1 Å². The van der Waals surface area contributed by atoms with Gasteiger partial charge in [0.2, 0.25) is 0 Å². The van der Waals surface area contributed by atoms with Crippen LogP contribution in [0.3, 0.4) is 0 Å². The smallest absolute Gasteiger partial charge is 0.387 e. The third-order valence-corrected chi connectivity index (χ3v) is 2.98. The van der Waals surface area contributed by atoms with Crippen molar-refractivity contribution < 1.29 is 26.7 Å². The van der Waals surface area contributed by atoms with Gasteiger partial charge in [0.15, 0.2) is 11.5 Å². The van der Waals surface area contributed by atoms with E-state index in [4.69, 9.17) is 15.4 Å². The molecule has 8 heteroatoms. The average molecular weight is 273 g/mol. The molecule has 1 aromatic carbocycles. The number of hydrogen-bond donors (Lipinski definition) is 0. The van der Waals surface area contributed by atoms with Crippen LogP contribution in [0.1, 0.15) is 0 Å². The van der Waals surface area contributed by atoms with Crippen LogP contribution in [0.5, 0.6) is 11.5 Å². The van der Waals surface area contributed by atoms with Gasteiger partial charge < -0.3 is 9.47 Å². The summed E-state index contributed by atoms with van der Waals surface area (Å²) in [6.07, 6.45) is 0. The van der Waals surface area contributed by atoms with Crippen LogP contribution in [0.2, 0.25) is 0 Å². The van der Waals surface area contributed by atoms with Crippen molar-refractivity contribution in [3.63, 3.8) is 0 Å². The van der Waals surface area contributed by atoms with E-state index in [9.17, 15) is 17.2 Å². The van der Waals surface area contributed by atoms with Crippen LogP contribution in [-0.2, 0) is 9.05 Å². The molecule has 0 saturated carbocycles. The fourth-order valence-electron chi connectivity index (χ4n) is 0.997. The van der Waals surface area contributed by atoms with E-state index in [1.54, 1.807) is 0 Å². The Hall–Kier alpha value is -1.08. The summed E-state index contributed by atoms with van der Waals surface area (Å²) in [7, 11) is 2.30. The van der Waals surface area contributed by atoms with Crippen molar-refractivity contribution in [2.45, 2.75) is 11.5 Å². The Labute approximate surface area is 95.2 Å². The summed E-state index contributed by atoms with van der Waals surface area (Å²) in [5, 5.41) is 0. The summed E-state index contributed by atoms with van der Waals surface area (Å²) in [6.45, 7) is -3.08. The summed E-state index contributed by atoms with van der Waals surface area (Å²) in [4.78, 5) is -0.342. The lowest BCUT2D eigenvalue weighted by atomic mass is 10.3. The molecule has 0 radical (unpaired) electrons. The average Bonchev–Trinajstić information content (AvgIpc) is 2.15. The first kappa shape index (κ1) is 13.0. The van der Waals surface area contributed by atoms with Crippen molar-refractivity contribution in [2.75, 3.05) is 7.11 Å². The number of rotatable bonds is 4. The predicted octanol–water partition coefficient (Wildman–Crippen LogP) is 2.22. The van der Waals surface area contributed by atoms with Crippen LogP contribution in [0, 0.1) is 0 Å². The summed E-state index contributed by atoms with van der Waals surface area (Å²) >= 11 is 0. The predicted molar refractivity (Wildman–Crippen MR) is 52.7 cm³/mol. The number of hydrogen-bond acceptors (Lipinski definition) is 4. The first-order chi connectivity index (χ1) is 7.34. The molecule has 4 nitrogen and oxygen atoms in total. The molecule has 0 amide bonds. The maximum Gasteiger partial charge on any atom is 0.387 e. The largest absolute Gasteiger partial charge is 0.493 e. The summed E-state index contributed by atoms with van der Waals surface area (Å²) in [5.41, 5.74) is 0. The molecule has 16 heavy (non-hydrogen) atoms. The molecule has 0 atom stereocenters. The van der Waals surface area contributed by atoms with E-state index in [0.29, 0.717) is 0 Å². The molecule has 0 aliphatic rings. The van der Waals surface area contributed by atoms with Gasteiger partial charge in [0.25, 0.3) is 9.05 Å². The van der Waals surface area contributed by atoms with Gasteiger partial charge in [-0.1, -0.05) is 0 Å². The third-order valence-electron chi connectivity index (χ3n) is 1.63. The molecule has 0 N–H and O–H groups in total. The van der Waals surface area contributed by atoms with E-state index in [2.05, 4.69) is 4.74 Å². The molecule has 0 heterocycles. The highest BCUT2D eigenvalue weighted by molar-refractivity contribution is 8.13. The number of halogens is 3. The van der Waals surface area contributed by atoms with Crippen molar-refractivity contribution in [3.8, 4) is 11.5 Å². The Balaban J connectivity index is 3.21. The van der Waals surface area contributed by atoms with Crippen LogP contribution in [-0.4, -0.2) is 22.1 Å². The lowest BCUT2D eigenvalue weighted by Gasteiger charge is -2.10. The zero-order valence-electron chi connectivity index (χ0n) is 7.98. The van der Waals surface area contributed by atoms with Gasteiger partial charge in [-0.15, -0.1) is 0 Å². The monoisotopic (exact) mass is 272 g/mol. The quantitative estimate of drug-likeness (QED) is 0.789. The Morgan fingerprint density at radius 3 is 2.38 bits per heavy atom. The van der Waals surface area contributed by atoms with Gasteiger partial charge in [-0.3, -0.25) is 0 Å². The molecule has 0 aliphatic carbocycles. The Morgan fingerprint density at radius 2 is 1.94 bits per heavy atom. The topological polar surface area (TPSA) is 52.6 Å². The molecular weight excluding hydrogens is 266 g/mol. The Kier molecular flexibility index (Phi) is 3.93. The number of alkyl halides is 2. The zero-order valence-corrected chi connectivity index (χ0v) is 9.56. The number of methoxy groups -OCH3 is 1. The molecule has 0 aliphatic heterocycles. The van der Waals surface area contributed by atoms with Crippen molar-refractivity contribution in [1.29, 1.82) is 0 Å². The van der Waals surface area contributed by atoms with Gasteiger partial charge >= 0.3 is 6.61 Å². The number of benzene rings is 1. The van der Waals surface area contributed by atoms with Gasteiger partial charge in [0.05, 0.1) is 12.0 Å². The molecule has 0 bridgehead atoms. The van der Waals surface area contributed by atoms with Crippen LogP contribution in [0.25, 0.3) is 0 Å². The highest BCUT2D eigenvalue weighted by Gasteiger charge is 2.16. The van der Waals surface area contributed by atoms with E-state index in [-0.39, 0.29) is 16.4 Å². The van der Waals surface area contributed by atoms with E-state index in [0.717, 1.165) is 12.1 Å². The van der Waals surface area contributed by atoms with Crippen molar-refractivity contribution >= 4 is 19.7 Å². The molecule has 0 unspecified atom stereocenters. The highest BCUT2D eigenvalue weighted by Crippen LogP contribution is 2.31. The van der Waals surface area contributed by atoms with Crippen LogP contribution >= 0.6 is 10.7 Å². The highest BCUT2D eigenvalue weighted by atomic mass is 35.7. The van der Waals surface area contributed by atoms with Gasteiger partial charge in [-0.25, -0.2) is 8.42 Å². The summed E-state index contributed by atoms with van der Waals surface area (Å²) in [6, 6.07) is 3.17. The first-order valence-corrected chi connectivity index (χ1v) is 6.23. The van der Waals surface area contributed by atoms with E-state index in [1.807, 2.05) is 0 Å². The second-order valence-electron chi connectivity index (χ2n) is 2.63. The maximum atomic E-state index is 12.0. The van der Waals surface area contributed by atoms with Gasteiger partial charge in [0.1, 0.15) is 0 Å². The summed E-state index contributed by atoms with van der Waals surface area (Å²) < 4.78 is 54.7. The van der Waals surface area contributed by atoms with Crippen molar-refractivity contribution in [3.05, 3.63) is 18.2 Å². The molecule has 0 fully saturated rings. The van der Waals surface area contributed by atoms with E-state index >= 15 is 0 Å². The van der Waals surface area contributed by atoms with E-state index < -0.39 is 15.7 Å². The SMILES string of the molecule is COc1ccc(S(=O)(=O)Cl)cc1OC(F)F. The molecular formula is C8H7ClF2O4S. The lowest BCUT2D eigenvalue weighted by Crippen LogP contribution is -2.04. The van der Waals surface area contributed by atoms with Gasteiger partial charge in [0, 0.05) is 16.7 Å². The third kappa shape index (κ3) is 3.21. The summed E-state index contributed by atoms with van der Waals surface area (Å²) in [5.74, 6) is -0.399. The van der Waals surface area contributed by atoms with Crippen LogP contribution in [0.4, 0.5) is 8.78 Å². The molecule has 1 rings (SSSR count). The van der Waals surface area contributed by atoms with E-state index in [1.165, 1.54) is 13.2 Å². The normalized spacial score (nSPS) is 11.6. The molecule has 1 aromatic rings. The first-order valence-electron chi connectivity index (χ1n) is 3.92. The minimum atomic E-state index is -3.99. The fourth-order valence-corrected chi connectivity index (χ4v) is 1.76. The molecule has 0 aromatic heterocycles. The van der Waals surface area contributed by atoms with Gasteiger partial charge in [-0.05, 0) is 12.1 Å². The lowest BCUT2D eigenvalue weighted by molar-refractivity contribution is -0.0513. The Bertz CT molecular complexity index is 475. The van der Waals surface area contributed by atoms with Crippen molar-refractivity contribution in [2.24, 2.45) is 0 Å². The minimum Gasteiger partial charge on any atom is -0.493 e. The molecule has 0 saturated heterocycles. The second kappa shape index (κ2) is 4.84. The zero-order chi connectivity index (χ0) is 12.3. The minimum absolute atomic E-state index is 0.00985. The molecule has 0 spiro atoms. The number of ether oxygens (including phenoxy) is 2. The second-order valence-corrected chi connectivity index (χ2v) is 5.19. The molecule has 90 valence electrons. The standard InChI is InChI=1S/C8H7ClF2O4S/c1-14-6-3-2-5(16(9,12)13)4-7(6)15-8(10)11/h2-4,8H,1H3. The maximum absolute atomic E-state index is 12.0. The van der Waals surface area contributed by atoms with Gasteiger partial charge in [-0.2, -0.15) is 8.78 Å². The van der Waals surface area contributed by atoms with Crippen LogP contribution < -0.4 is 9.47 Å². The Morgan fingerprint density at radius 1 is 1.31 bits per heavy atom. The fraction of sp³-hybridized carbons (Fsp3) is 0.250.